The van der Waals surface area contributed by atoms with Crippen molar-refractivity contribution in [3.8, 4) is 11.3 Å². The normalized spacial score (nSPS) is 16.8. The molecule has 0 bridgehead atoms. The number of furan rings is 1. The van der Waals surface area contributed by atoms with Crippen molar-refractivity contribution in [3.05, 3.63) is 77.7 Å². The molecule has 2 N–H and O–H groups in total. The molecule has 148 valence electrons. The summed E-state index contributed by atoms with van der Waals surface area (Å²) >= 11 is 0. The van der Waals surface area contributed by atoms with Crippen LogP contribution in [0, 0.1) is 5.82 Å². The number of fused-ring (bicyclic) bond motifs is 4. The van der Waals surface area contributed by atoms with Crippen LogP contribution >= 0.6 is 0 Å². The van der Waals surface area contributed by atoms with Gasteiger partial charge in [-0.25, -0.2) is 9.37 Å². The highest BCUT2D eigenvalue weighted by Gasteiger charge is 2.31. The van der Waals surface area contributed by atoms with Crippen LogP contribution in [0.5, 0.6) is 0 Å². The smallest absolute Gasteiger partial charge is 0.137 e. The largest absolute Gasteiger partial charge is 0.458 e. The Bertz CT molecular complexity index is 1220. The number of nitrogens with zero attached hydrogens (tertiary/aromatic N) is 2. The zero-order chi connectivity index (χ0) is 20.3. The second-order valence-corrected chi connectivity index (χ2v) is 8.12. The quantitative estimate of drug-likeness (QED) is 0.529. The van der Waals surface area contributed by atoms with Crippen LogP contribution in [0.3, 0.4) is 0 Å². The zero-order valence-electron chi connectivity index (χ0n) is 16.1. The number of hydrogen-bond donors (Lipinski definition) is 2. The maximum Gasteiger partial charge on any atom is 0.137 e. The molecule has 0 saturated heterocycles. The number of halogens is 1. The molecule has 2 aromatic heterocycles. The molecule has 0 aliphatic carbocycles. The fraction of sp³-hybridized carbons (Fsp3) is 0.261. The van der Waals surface area contributed by atoms with Crippen LogP contribution < -0.4 is 0 Å². The van der Waals surface area contributed by atoms with E-state index >= 15 is 0 Å². The molecule has 3 heterocycles. The number of hydrogen-bond acceptors (Lipinski definition) is 4. The van der Waals surface area contributed by atoms with Crippen LogP contribution in [0.4, 0.5) is 4.39 Å². The van der Waals surface area contributed by atoms with Crippen molar-refractivity contribution in [2.75, 3.05) is 0 Å². The molecule has 4 aromatic rings. The Morgan fingerprint density at radius 1 is 1.24 bits per heavy atom. The first-order valence-corrected chi connectivity index (χ1v) is 9.58. The van der Waals surface area contributed by atoms with E-state index in [0.29, 0.717) is 23.2 Å². The molecule has 0 radical (unpaired) electrons. The summed E-state index contributed by atoms with van der Waals surface area (Å²) in [6, 6.07) is 12.4. The van der Waals surface area contributed by atoms with Gasteiger partial charge in [0.05, 0.1) is 30.4 Å². The minimum atomic E-state index is -1.17. The van der Waals surface area contributed by atoms with Gasteiger partial charge in [-0.2, -0.15) is 0 Å². The van der Waals surface area contributed by atoms with Gasteiger partial charge in [0.15, 0.2) is 0 Å². The molecular weight excluding hydrogens is 371 g/mol. The van der Waals surface area contributed by atoms with Crippen LogP contribution in [0.1, 0.15) is 49.3 Å². The number of aliphatic hydroxyl groups excluding tert-OH is 1. The average molecular weight is 392 g/mol. The van der Waals surface area contributed by atoms with Crippen LogP contribution in [0.2, 0.25) is 0 Å². The molecule has 5 rings (SSSR count). The summed E-state index contributed by atoms with van der Waals surface area (Å²) in [5, 5.41) is 21.7. The molecule has 6 heteroatoms. The predicted octanol–water partition coefficient (Wildman–Crippen LogP) is 4.69. The Morgan fingerprint density at radius 2 is 2.03 bits per heavy atom. The Balaban J connectivity index is 1.51. The van der Waals surface area contributed by atoms with Gasteiger partial charge in [0.1, 0.15) is 22.8 Å². The van der Waals surface area contributed by atoms with Crippen molar-refractivity contribution in [1.29, 1.82) is 0 Å². The fourth-order valence-corrected chi connectivity index (χ4v) is 4.15. The monoisotopic (exact) mass is 392 g/mol. The first-order chi connectivity index (χ1) is 13.8. The summed E-state index contributed by atoms with van der Waals surface area (Å²) in [7, 11) is 0. The van der Waals surface area contributed by atoms with E-state index in [2.05, 4.69) is 4.98 Å². The molecule has 5 nitrogen and oxygen atoms in total. The highest BCUT2D eigenvalue weighted by atomic mass is 19.1. The molecule has 2 atom stereocenters. The van der Waals surface area contributed by atoms with Crippen molar-refractivity contribution in [3.63, 3.8) is 0 Å². The summed E-state index contributed by atoms with van der Waals surface area (Å²) < 4.78 is 22.4. The van der Waals surface area contributed by atoms with Crippen LogP contribution in [-0.2, 0) is 5.60 Å². The third-order valence-corrected chi connectivity index (χ3v) is 5.64. The lowest BCUT2D eigenvalue weighted by molar-refractivity contribution is 0.0559. The molecule has 29 heavy (non-hydrogen) atoms. The summed E-state index contributed by atoms with van der Waals surface area (Å²) in [5.74, 6) is -0.176. The molecule has 0 saturated carbocycles. The van der Waals surface area contributed by atoms with Crippen molar-refractivity contribution >= 4 is 11.0 Å². The highest BCUT2D eigenvalue weighted by molar-refractivity contribution is 5.79. The van der Waals surface area contributed by atoms with Crippen LogP contribution in [0.15, 0.2) is 59.4 Å². The van der Waals surface area contributed by atoms with Gasteiger partial charge in [-0.1, -0.05) is 24.3 Å². The second-order valence-electron chi connectivity index (χ2n) is 8.12. The van der Waals surface area contributed by atoms with E-state index in [1.54, 1.807) is 32.3 Å². The molecule has 1 aliphatic heterocycles. The van der Waals surface area contributed by atoms with Crippen molar-refractivity contribution in [2.45, 2.75) is 38.0 Å². The topological polar surface area (TPSA) is 71.4 Å². The minimum Gasteiger partial charge on any atom is -0.458 e. The molecule has 0 fully saturated rings. The minimum absolute atomic E-state index is 0.120. The van der Waals surface area contributed by atoms with E-state index in [9.17, 15) is 14.6 Å². The second kappa shape index (κ2) is 6.27. The van der Waals surface area contributed by atoms with Gasteiger partial charge in [-0.3, -0.25) is 0 Å². The lowest BCUT2D eigenvalue weighted by Crippen LogP contribution is -2.13. The van der Waals surface area contributed by atoms with Gasteiger partial charge in [-0.15, -0.1) is 0 Å². The van der Waals surface area contributed by atoms with Gasteiger partial charge in [0.2, 0.25) is 0 Å². The Hall–Kier alpha value is -2.96. The van der Waals surface area contributed by atoms with Gasteiger partial charge < -0.3 is 19.2 Å². The van der Waals surface area contributed by atoms with E-state index in [0.717, 1.165) is 16.8 Å². The highest BCUT2D eigenvalue weighted by Crippen LogP contribution is 2.43. The Kier molecular flexibility index (Phi) is 3.91. The molecule has 2 aromatic carbocycles. The standard InChI is InChI=1S/C23H21FN2O3/c1-23(2,28)22-8-13-7-16(17(24)9-21(13)29-22)20(27)10-18-14-5-3-4-6-15(14)19-11-25-12-26(18)19/h3-9,11-12,18,20,27-28H,10H2,1-2H3/t18-,20-/m1/s1. The van der Waals surface area contributed by atoms with Gasteiger partial charge in [0.25, 0.3) is 0 Å². The molecule has 0 amide bonds. The predicted molar refractivity (Wildman–Crippen MR) is 107 cm³/mol. The van der Waals surface area contributed by atoms with E-state index in [-0.39, 0.29) is 11.6 Å². The van der Waals surface area contributed by atoms with E-state index < -0.39 is 17.5 Å². The third kappa shape index (κ3) is 2.87. The lowest BCUT2D eigenvalue weighted by atomic mass is 9.95. The molecular formula is C23H21FN2O3. The summed E-state index contributed by atoms with van der Waals surface area (Å²) in [6.45, 7) is 3.22. The zero-order valence-corrected chi connectivity index (χ0v) is 16.1. The number of aliphatic hydroxyl groups is 2. The fourth-order valence-electron chi connectivity index (χ4n) is 4.15. The molecule has 1 aliphatic rings. The number of aromatic nitrogens is 2. The summed E-state index contributed by atoms with van der Waals surface area (Å²) in [6.07, 6.45) is 2.87. The summed E-state index contributed by atoms with van der Waals surface area (Å²) in [4.78, 5) is 4.23. The Labute approximate surface area is 167 Å². The van der Waals surface area contributed by atoms with Crippen LogP contribution in [-0.4, -0.2) is 19.8 Å². The number of imidazole rings is 1. The van der Waals surface area contributed by atoms with E-state index in [4.69, 9.17) is 4.42 Å². The van der Waals surface area contributed by atoms with Crippen molar-refractivity contribution in [2.24, 2.45) is 0 Å². The van der Waals surface area contributed by atoms with Crippen LogP contribution in [0.25, 0.3) is 22.2 Å². The number of rotatable bonds is 4. The molecule has 0 spiro atoms. The van der Waals surface area contributed by atoms with Gasteiger partial charge >= 0.3 is 0 Å². The Morgan fingerprint density at radius 3 is 2.83 bits per heavy atom. The average Bonchev–Trinajstić information content (AvgIpc) is 3.36. The van der Waals surface area contributed by atoms with Gasteiger partial charge in [0, 0.05) is 29.0 Å². The third-order valence-electron chi connectivity index (χ3n) is 5.64. The van der Waals surface area contributed by atoms with Crippen molar-refractivity contribution < 1.29 is 19.0 Å². The van der Waals surface area contributed by atoms with Gasteiger partial charge in [-0.05, 0) is 31.5 Å². The maximum absolute atomic E-state index is 14.8. The van der Waals surface area contributed by atoms with E-state index in [1.165, 1.54) is 6.07 Å². The van der Waals surface area contributed by atoms with Crippen molar-refractivity contribution in [1.82, 2.24) is 9.55 Å². The number of benzene rings is 2. The first-order valence-electron chi connectivity index (χ1n) is 9.58. The molecule has 0 unspecified atom stereocenters. The maximum atomic E-state index is 14.8. The van der Waals surface area contributed by atoms with E-state index in [1.807, 2.05) is 35.0 Å². The lowest BCUT2D eigenvalue weighted by Gasteiger charge is -2.19. The summed E-state index contributed by atoms with van der Waals surface area (Å²) in [5.41, 5.74) is 2.57. The SMILES string of the molecule is CC(C)(O)c1cc2cc([C@H](O)C[C@@H]3c4ccccc4-c4cncn43)c(F)cc2o1. The first kappa shape index (κ1) is 18.1.